The van der Waals surface area contributed by atoms with Crippen LogP contribution in [-0.4, -0.2) is 9.97 Å². The van der Waals surface area contributed by atoms with E-state index in [0.717, 1.165) is 57.0 Å². The molecule has 1 aromatic heterocycles. The van der Waals surface area contributed by atoms with Crippen molar-refractivity contribution in [1.82, 2.24) is 9.97 Å². The molecular formula is C41H31N3. The van der Waals surface area contributed by atoms with Crippen LogP contribution in [0.25, 0.3) is 61.1 Å². The first-order valence-electron chi connectivity index (χ1n) is 15.0. The summed E-state index contributed by atoms with van der Waals surface area (Å²) in [6.45, 7) is 4.37. The maximum atomic E-state index is 9.33. The van der Waals surface area contributed by atoms with Crippen molar-refractivity contribution in [2.24, 2.45) is 5.92 Å². The van der Waals surface area contributed by atoms with Crippen LogP contribution in [0.5, 0.6) is 0 Å². The number of benzene rings is 5. The van der Waals surface area contributed by atoms with Crippen LogP contribution in [0.15, 0.2) is 133 Å². The van der Waals surface area contributed by atoms with Gasteiger partial charge in [0.05, 0.1) is 23.0 Å². The minimum atomic E-state index is 0.355. The molecule has 0 spiro atoms. The Hall–Kier alpha value is -5.59. The van der Waals surface area contributed by atoms with Gasteiger partial charge in [-0.2, -0.15) is 5.26 Å². The molecule has 0 saturated carbocycles. The van der Waals surface area contributed by atoms with E-state index >= 15 is 0 Å². The smallest absolute Gasteiger partial charge is 0.156 e. The molecule has 0 aliphatic heterocycles. The third kappa shape index (κ3) is 5.02. The molecule has 3 nitrogen and oxygen atoms in total. The van der Waals surface area contributed by atoms with Crippen LogP contribution in [0, 0.1) is 24.2 Å². The van der Waals surface area contributed by atoms with Crippen molar-refractivity contribution in [3.8, 4) is 50.8 Å². The van der Waals surface area contributed by atoms with E-state index in [-0.39, 0.29) is 0 Å². The second kappa shape index (κ2) is 11.6. The van der Waals surface area contributed by atoms with Gasteiger partial charge in [0.25, 0.3) is 0 Å². The van der Waals surface area contributed by atoms with E-state index in [1.54, 1.807) is 0 Å². The SMILES string of the molecule is Cc1c(-c2ccccc2)nc(C2=CC=CCC2C)nc1-c1ccc(-c2c(-c3ccc(C#N)cc3)ccc3ccccc23)cc1. The topological polar surface area (TPSA) is 49.6 Å². The fourth-order valence-electron chi connectivity index (χ4n) is 6.19. The fourth-order valence-corrected chi connectivity index (χ4v) is 6.19. The summed E-state index contributed by atoms with van der Waals surface area (Å²) < 4.78 is 0. The second-order valence-electron chi connectivity index (χ2n) is 11.4. The molecule has 5 aromatic carbocycles. The molecule has 1 heterocycles. The summed E-state index contributed by atoms with van der Waals surface area (Å²) in [5.41, 5.74) is 11.5. The number of nitrogens with zero attached hydrogens (tertiary/aromatic N) is 3. The molecule has 1 unspecified atom stereocenters. The summed E-state index contributed by atoms with van der Waals surface area (Å²) in [7, 11) is 0. The molecule has 0 bridgehead atoms. The van der Waals surface area contributed by atoms with Crippen molar-refractivity contribution in [2.45, 2.75) is 20.3 Å². The van der Waals surface area contributed by atoms with Gasteiger partial charge in [-0.15, -0.1) is 0 Å². The quantitative estimate of drug-likeness (QED) is 0.209. The molecule has 0 saturated heterocycles. The van der Waals surface area contributed by atoms with Gasteiger partial charge < -0.3 is 0 Å². The van der Waals surface area contributed by atoms with Gasteiger partial charge in [-0.05, 0) is 70.0 Å². The number of nitriles is 1. The van der Waals surface area contributed by atoms with Gasteiger partial charge in [-0.25, -0.2) is 9.97 Å². The number of allylic oxidation sites excluding steroid dienone is 4. The summed E-state index contributed by atoms with van der Waals surface area (Å²) in [5, 5.41) is 11.7. The van der Waals surface area contributed by atoms with Crippen molar-refractivity contribution < 1.29 is 0 Å². The van der Waals surface area contributed by atoms with Gasteiger partial charge in [0, 0.05) is 16.7 Å². The normalized spacial score (nSPS) is 14.3. The zero-order valence-corrected chi connectivity index (χ0v) is 24.8. The number of rotatable bonds is 5. The summed E-state index contributed by atoms with van der Waals surface area (Å²) in [5.74, 6) is 1.15. The first kappa shape index (κ1) is 27.3. The van der Waals surface area contributed by atoms with Crippen LogP contribution in [0.4, 0.5) is 0 Å². The Morgan fingerprint density at radius 3 is 2.02 bits per heavy atom. The lowest BCUT2D eigenvalue weighted by atomic mass is 9.89. The van der Waals surface area contributed by atoms with Gasteiger partial charge >= 0.3 is 0 Å². The molecule has 210 valence electrons. The summed E-state index contributed by atoms with van der Waals surface area (Å²) in [6, 6.07) is 42.1. The van der Waals surface area contributed by atoms with Crippen molar-refractivity contribution >= 4 is 16.3 Å². The molecule has 7 rings (SSSR count). The van der Waals surface area contributed by atoms with Crippen LogP contribution in [-0.2, 0) is 0 Å². The molecular weight excluding hydrogens is 534 g/mol. The fraction of sp³-hybridized carbons (Fsp3) is 0.0976. The number of hydrogen-bond acceptors (Lipinski definition) is 3. The summed E-state index contributed by atoms with van der Waals surface area (Å²) >= 11 is 0. The van der Waals surface area contributed by atoms with E-state index < -0.39 is 0 Å². The van der Waals surface area contributed by atoms with Crippen molar-refractivity contribution in [1.29, 1.82) is 5.26 Å². The zero-order valence-electron chi connectivity index (χ0n) is 24.8. The van der Waals surface area contributed by atoms with Gasteiger partial charge in [-0.3, -0.25) is 0 Å². The van der Waals surface area contributed by atoms with Gasteiger partial charge in [-0.1, -0.05) is 128 Å². The van der Waals surface area contributed by atoms with Crippen molar-refractivity contribution in [3.05, 3.63) is 150 Å². The lowest BCUT2D eigenvalue weighted by Crippen LogP contribution is -2.08. The second-order valence-corrected chi connectivity index (χ2v) is 11.4. The number of aromatic nitrogens is 2. The lowest BCUT2D eigenvalue weighted by Gasteiger charge is -2.19. The highest BCUT2D eigenvalue weighted by atomic mass is 14.9. The van der Waals surface area contributed by atoms with E-state index in [2.05, 4.69) is 123 Å². The first-order valence-corrected chi connectivity index (χ1v) is 15.0. The molecule has 1 aliphatic rings. The monoisotopic (exact) mass is 565 g/mol. The van der Waals surface area contributed by atoms with Crippen LogP contribution < -0.4 is 0 Å². The van der Waals surface area contributed by atoms with Gasteiger partial charge in [0.2, 0.25) is 0 Å². The van der Waals surface area contributed by atoms with E-state index in [0.29, 0.717) is 11.5 Å². The minimum Gasteiger partial charge on any atom is -0.228 e. The Bertz CT molecular complexity index is 2100. The summed E-state index contributed by atoms with van der Waals surface area (Å²) in [4.78, 5) is 10.3. The molecule has 0 N–H and O–H groups in total. The molecule has 44 heavy (non-hydrogen) atoms. The Kier molecular flexibility index (Phi) is 7.18. The predicted octanol–water partition coefficient (Wildman–Crippen LogP) is 10.5. The maximum absolute atomic E-state index is 9.33. The van der Waals surface area contributed by atoms with Gasteiger partial charge in [0.15, 0.2) is 5.82 Å². The van der Waals surface area contributed by atoms with E-state index in [1.165, 1.54) is 21.9 Å². The number of hydrogen-bond donors (Lipinski definition) is 0. The van der Waals surface area contributed by atoms with Crippen LogP contribution in [0.3, 0.4) is 0 Å². The average molecular weight is 566 g/mol. The van der Waals surface area contributed by atoms with Crippen LogP contribution >= 0.6 is 0 Å². The maximum Gasteiger partial charge on any atom is 0.156 e. The highest BCUT2D eigenvalue weighted by molar-refractivity contribution is 6.04. The minimum absolute atomic E-state index is 0.355. The highest BCUT2D eigenvalue weighted by Crippen LogP contribution is 2.40. The van der Waals surface area contributed by atoms with Crippen molar-refractivity contribution in [2.75, 3.05) is 0 Å². The van der Waals surface area contributed by atoms with E-state index in [1.807, 2.05) is 30.3 Å². The Morgan fingerprint density at radius 2 is 1.32 bits per heavy atom. The third-order valence-electron chi connectivity index (χ3n) is 8.58. The van der Waals surface area contributed by atoms with E-state index in [4.69, 9.17) is 9.97 Å². The molecule has 1 atom stereocenters. The van der Waals surface area contributed by atoms with Crippen molar-refractivity contribution in [3.63, 3.8) is 0 Å². The average Bonchev–Trinajstić information content (AvgIpc) is 3.09. The standard InChI is InChI=1S/C41H31N3/c1-27-10-6-8-14-35(27)41-43-39(33-12-4-3-5-13-33)28(2)40(44-41)34-22-20-32(21-23-34)38-36-15-9-7-11-30(36)24-25-37(38)31-18-16-29(26-42)17-19-31/h3-9,11-25,27H,10H2,1-2H3. The highest BCUT2D eigenvalue weighted by Gasteiger charge is 2.20. The first-order chi connectivity index (χ1) is 21.6. The Morgan fingerprint density at radius 1 is 0.682 bits per heavy atom. The molecule has 6 aromatic rings. The molecule has 0 radical (unpaired) electrons. The van der Waals surface area contributed by atoms with Gasteiger partial charge in [0.1, 0.15) is 0 Å². The summed E-state index contributed by atoms with van der Waals surface area (Å²) in [6.07, 6.45) is 7.47. The van der Waals surface area contributed by atoms with E-state index in [9.17, 15) is 5.26 Å². The number of fused-ring (bicyclic) bond motifs is 1. The molecule has 0 fully saturated rings. The van der Waals surface area contributed by atoms with Crippen LogP contribution in [0.1, 0.15) is 30.3 Å². The largest absolute Gasteiger partial charge is 0.228 e. The lowest BCUT2D eigenvalue weighted by molar-refractivity contribution is 0.748. The Labute approximate surface area is 258 Å². The molecule has 1 aliphatic carbocycles. The molecule has 3 heteroatoms. The zero-order chi connectivity index (χ0) is 30.0. The Balaban J connectivity index is 1.38. The third-order valence-corrected chi connectivity index (χ3v) is 8.58. The molecule has 0 amide bonds. The predicted molar refractivity (Wildman–Crippen MR) is 182 cm³/mol. The van der Waals surface area contributed by atoms with Crippen LogP contribution in [0.2, 0.25) is 0 Å².